The van der Waals surface area contributed by atoms with Crippen LogP contribution in [0, 0.1) is 0 Å². The summed E-state index contributed by atoms with van der Waals surface area (Å²) in [6, 6.07) is 0. The maximum Gasteiger partial charge on any atom is 0.188 e. The molecule has 0 aromatic heterocycles. The summed E-state index contributed by atoms with van der Waals surface area (Å²) >= 11 is 0. The summed E-state index contributed by atoms with van der Waals surface area (Å²) in [5, 5.41) is 2.99. The van der Waals surface area contributed by atoms with Crippen LogP contribution in [0.2, 0.25) is 0 Å². The number of nitrogens with two attached hydrogens (primary N) is 1. The lowest BCUT2D eigenvalue weighted by atomic mass is 10.2. The Morgan fingerprint density at radius 3 is 3.06 bits per heavy atom. The van der Waals surface area contributed by atoms with Gasteiger partial charge in [-0.2, -0.15) is 0 Å². The van der Waals surface area contributed by atoms with E-state index in [0.29, 0.717) is 38.9 Å². The summed E-state index contributed by atoms with van der Waals surface area (Å²) in [5.74, 6) is 0.454. The van der Waals surface area contributed by atoms with Gasteiger partial charge in [0, 0.05) is 20.3 Å². The van der Waals surface area contributed by atoms with Gasteiger partial charge in [-0.3, -0.25) is 4.99 Å². The molecule has 1 aliphatic rings. The fourth-order valence-corrected chi connectivity index (χ4v) is 1.54. The quantitative estimate of drug-likeness (QED) is 0.350. The van der Waals surface area contributed by atoms with Crippen LogP contribution >= 0.6 is 0 Å². The van der Waals surface area contributed by atoms with Gasteiger partial charge in [-0.05, 0) is 12.8 Å². The van der Waals surface area contributed by atoms with Crippen molar-refractivity contribution in [2.45, 2.75) is 18.9 Å². The summed E-state index contributed by atoms with van der Waals surface area (Å²) in [5.41, 5.74) is 5.70. The van der Waals surface area contributed by atoms with Gasteiger partial charge in [0.25, 0.3) is 0 Å². The molecule has 6 heteroatoms. The fourth-order valence-electron chi connectivity index (χ4n) is 1.54. The third-order valence-electron chi connectivity index (χ3n) is 2.47. The second-order valence-corrected chi connectivity index (χ2v) is 3.89. The minimum absolute atomic E-state index is 0.244. The molecule has 0 aromatic rings. The van der Waals surface area contributed by atoms with Gasteiger partial charge in [-0.1, -0.05) is 0 Å². The van der Waals surface area contributed by atoms with E-state index in [2.05, 4.69) is 10.3 Å². The smallest absolute Gasteiger partial charge is 0.188 e. The molecule has 3 N–H and O–H groups in total. The van der Waals surface area contributed by atoms with Gasteiger partial charge < -0.3 is 25.3 Å². The summed E-state index contributed by atoms with van der Waals surface area (Å²) in [6.45, 7) is 3.96. The lowest BCUT2D eigenvalue weighted by Gasteiger charge is -2.08. The standard InChI is InChI=1S/C11H23N3O3/c1-15-7-8-16-6-4-13-11(12)14-9-10-3-2-5-17-10/h10H,2-9H2,1H3,(H3,12,13,14). The van der Waals surface area contributed by atoms with E-state index >= 15 is 0 Å². The van der Waals surface area contributed by atoms with Gasteiger partial charge in [0.1, 0.15) is 0 Å². The molecule has 0 aliphatic carbocycles. The second kappa shape index (κ2) is 9.21. The molecule has 1 saturated heterocycles. The topological polar surface area (TPSA) is 78.1 Å². The average molecular weight is 245 g/mol. The van der Waals surface area contributed by atoms with Crippen molar-refractivity contribution < 1.29 is 14.2 Å². The number of nitrogens with zero attached hydrogens (tertiary/aromatic N) is 1. The highest BCUT2D eigenvalue weighted by atomic mass is 16.5. The largest absolute Gasteiger partial charge is 0.382 e. The molecule has 0 bridgehead atoms. The van der Waals surface area contributed by atoms with Crippen LogP contribution in [0.1, 0.15) is 12.8 Å². The number of nitrogens with one attached hydrogen (secondary N) is 1. The van der Waals surface area contributed by atoms with Crippen LogP contribution in [0.15, 0.2) is 4.99 Å². The number of guanidine groups is 1. The first-order valence-corrected chi connectivity index (χ1v) is 6.05. The van der Waals surface area contributed by atoms with Crippen LogP contribution in [0.5, 0.6) is 0 Å². The Morgan fingerprint density at radius 1 is 1.47 bits per heavy atom. The van der Waals surface area contributed by atoms with Crippen LogP contribution in [0.3, 0.4) is 0 Å². The molecule has 1 atom stereocenters. The molecule has 100 valence electrons. The molecule has 0 saturated carbocycles. The predicted octanol–water partition coefficient (Wildman–Crippen LogP) is -0.267. The Kier molecular flexibility index (Phi) is 7.70. The molecule has 0 spiro atoms. The van der Waals surface area contributed by atoms with E-state index in [1.807, 2.05) is 0 Å². The maximum absolute atomic E-state index is 5.70. The first-order valence-electron chi connectivity index (χ1n) is 6.05. The minimum Gasteiger partial charge on any atom is -0.382 e. The van der Waals surface area contributed by atoms with E-state index in [-0.39, 0.29) is 6.10 Å². The van der Waals surface area contributed by atoms with Crippen LogP contribution in [-0.4, -0.2) is 58.7 Å². The van der Waals surface area contributed by atoms with E-state index in [1.54, 1.807) is 7.11 Å². The van der Waals surface area contributed by atoms with E-state index in [9.17, 15) is 0 Å². The van der Waals surface area contributed by atoms with Crippen molar-refractivity contribution in [1.29, 1.82) is 0 Å². The summed E-state index contributed by atoms with van der Waals surface area (Å²) in [4.78, 5) is 4.22. The second-order valence-electron chi connectivity index (χ2n) is 3.89. The van der Waals surface area contributed by atoms with Gasteiger partial charge in [0.2, 0.25) is 0 Å². The third-order valence-corrected chi connectivity index (χ3v) is 2.47. The van der Waals surface area contributed by atoms with Crippen LogP contribution in [0.4, 0.5) is 0 Å². The molecule has 17 heavy (non-hydrogen) atoms. The van der Waals surface area contributed by atoms with Gasteiger partial charge in [0.05, 0.1) is 32.5 Å². The summed E-state index contributed by atoms with van der Waals surface area (Å²) in [6.07, 6.45) is 2.45. The Morgan fingerprint density at radius 2 is 2.35 bits per heavy atom. The van der Waals surface area contributed by atoms with Crippen LogP contribution in [0.25, 0.3) is 0 Å². The van der Waals surface area contributed by atoms with Crippen molar-refractivity contribution in [2.75, 3.05) is 46.6 Å². The van der Waals surface area contributed by atoms with E-state index in [0.717, 1.165) is 19.4 Å². The maximum atomic E-state index is 5.70. The molecular weight excluding hydrogens is 222 g/mol. The number of ether oxygens (including phenoxy) is 3. The van der Waals surface area contributed by atoms with Gasteiger partial charge in [-0.25, -0.2) is 0 Å². The lowest BCUT2D eigenvalue weighted by molar-refractivity contribution is 0.0733. The predicted molar refractivity (Wildman–Crippen MR) is 66.2 cm³/mol. The first kappa shape index (κ1) is 14.2. The zero-order chi connectivity index (χ0) is 12.3. The number of hydrogen-bond acceptors (Lipinski definition) is 4. The molecule has 1 rings (SSSR count). The highest BCUT2D eigenvalue weighted by molar-refractivity contribution is 5.77. The number of aliphatic imine (C=N–C) groups is 1. The Labute approximate surface area is 103 Å². The van der Waals surface area contributed by atoms with Gasteiger partial charge in [-0.15, -0.1) is 0 Å². The average Bonchev–Trinajstić information content (AvgIpc) is 2.84. The highest BCUT2D eigenvalue weighted by Crippen LogP contribution is 2.11. The van der Waals surface area contributed by atoms with E-state index in [4.69, 9.17) is 19.9 Å². The van der Waals surface area contributed by atoms with Crippen LogP contribution < -0.4 is 11.1 Å². The minimum atomic E-state index is 0.244. The van der Waals surface area contributed by atoms with E-state index in [1.165, 1.54) is 0 Å². The van der Waals surface area contributed by atoms with Crippen molar-refractivity contribution in [2.24, 2.45) is 10.7 Å². The molecule has 1 heterocycles. The first-order chi connectivity index (χ1) is 8.33. The Hall–Kier alpha value is -0.850. The molecule has 1 fully saturated rings. The van der Waals surface area contributed by atoms with Crippen molar-refractivity contribution >= 4 is 5.96 Å². The SMILES string of the molecule is COCCOCCNC(N)=NCC1CCCO1. The highest BCUT2D eigenvalue weighted by Gasteiger charge is 2.14. The van der Waals surface area contributed by atoms with Crippen molar-refractivity contribution in [3.8, 4) is 0 Å². The van der Waals surface area contributed by atoms with Gasteiger partial charge in [0.15, 0.2) is 5.96 Å². The third kappa shape index (κ3) is 7.14. The zero-order valence-electron chi connectivity index (χ0n) is 10.5. The molecule has 0 amide bonds. The Balaban J connectivity index is 1.95. The Bertz CT molecular complexity index is 218. The van der Waals surface area contributed by atoms with Crippen molar-refractivity contribution in [3.63, 3.8) is 0 Å². The normalized spacial score (nSPS) is 20.8. The molecule has 1 unspecified atom stereocenters. The van der Waals surface area contributed by atoms with Crippen LogP contribution in [-0.2, 0) is 14.2 Å². The molecule has 6 nitrogen and oxygen atoms in total. The fraction of sp³-hybridized carbons (Fsp3) is 0.909. The molecule has 1 aliphatic heterocycles. The monoisotopic (exact) mass is 245 g/mol. The molecule has 0 aromatic carbocycles. The van der Waals surface area contributed by atoms with Gasteiger partial charge >= 0.3 is 0 Å². The van der Waals surface area contributed by atoms with Crippen molar-refractivity contribution in [3.05, 3.63) is 0 Å². The lowest BCUT2D eigenvalue weighted by Crippen LogP contribution is -2.35. The summed E-state index contributed by atoms with van der Waals surface area (Å²) < 4.78 is 15.6. The number of methoxy groups -OCH3 is 1. The molecule has 0 radical (unpaired) electrons. The zero-order valence-corrected chi connectivity index (χ0v) is 10.5. The summed E-state index contributed by atoms with van der Waals surface area (Å²) in [7, 11) is 1.65. The molecular formula is C11H23N3O3. The van der Waals surface area contributed by atoms with Crippen molar-refractivity contribution in [1.82, 2.24) is 5.32 Å². The number of hydrogen-bond donors (Lipinski definition) is 2. The van der Waals surface area contributed by atoms with E-state index < -0.39 is 0 Å². The number of rotatable bonds is 8.